The van der Waals surface area contributed by atoms with Crippen molar-refractivity contribution in [1.29, 1.82) is 0 Å². The Morgan fingerprint density at radius 3 is 2.37 bits per heavy atom. The molecule has 0 radical (unpaired) electrons. The molecule has 138 valence electrons. The lowest BCUT2D eigenvalue weighted by molar-refractivity contribution is 0.0981. The van der Waals surface area contributed by atoms with Crippen LogP contribution in [0.3, 0.4) is 0 Å². The molecule has 1 aromatic heterocycles. The van der Waals surface area contributed by atoms with Crippen LogP contribution in [0.5, 0.6) is 11.5 Å². The van der Waals surface area contributed by atoms with Gasteiger partial charge in [0.15, 0.2) is 0 Å². The van der Waals surface area contributed by atoms with Gasteiger partial charge >= 0.3 is 0 Å². The molecule has 0 saturated carbocycles. The summed E-state index contributed by atoms with van der Waals surface area (Å²) in [6, 6.07) is 11.4. The quantitative estimate of drug-likeness (QED) is 0.702. The predicted octanol–water partition coefficient (Wildman–Crippen LogP) is 3.28. The minimum atomic E-state index is -3.68. The molecule has 0 aliphatic heterocycles. The summed E-state index contributed by atoms with van der Waals surface area (Å²) in [6.07, 6.45) is 5.42. The number of ether oxygens (including phenoxy) is 1. The Hall–Kier alpha value is -2.97. The number of nitrogens with one attached hydrogen (secondary N) is 1. The third kappa shape index (κ3) is 5.02. The van der Waals surface area contributed by atoms with Gasteiger partial charge in [-0.15, -0.1) is 0 Å². The molecule has 27 heavy (non-hydrogen) atoms. The number of halogens is 1. The van der Waals surface area contributed by atoms with Crippen LogP contribution in [0.15, 0.2) is 61.2 Å². The smallest absolute Gasteiger partial charge is 0.264 e. The second kappa shape index (κ2) is 7.73. The van der Waals surface area contributed by atoms with Crippen molar-refractivity contribution in [3.8, 4) is 22.6 Å². The van der Waals surface area contributed by atoms with E-state index in [1.54, 1.807) is 42.7 Å². The van der Waals surface area contributed by atoms with Crippen molar-refractivity contribution in [2.24, 2.45) is 0 Å². The minimum Gasteiger partial charge on any atom is -0.457 e. The molecule has 3 aromatic rings. The van der Waals surface area contributed by atoms with Gasteiger partial charge in [0.05, 0.1) is 6.26 Å². The topological polar surface area (TPSA) is 98.2 Å². The van der Waals surface area contributed by atoms with Crippen LogP contribution >= 0.6 is 11.6 Å². The minimum absolute atomic E-state index is 0.155. The van der Waals surface area contributed by atoms with Gasteiger partial charge in [-0.25, -0.2) is 23.1 Å². The molecule has 1 heterocycles. The average molecular weight is 404 g/mol. The standard InChI is InChI=1S/C18H14ClN3O4S/c1-27(24,25)22-18(23)12-2-7-17(26-15-5-3-14(19)4-6-15)16(8-12)13-9-20-11-21-10-13/h2-11H,1H3,(H,22,23). The van der Waals surface area contributed by atoms with E-state index in [0.29, 0.717) is 27.6 Å². The summed E-state index contributed by atoms with van der Waals surface area (Å²) in [6.45, 7) is 0. The van der Waals surface area contributed by atoms with Gasteiger partial charge in [-0.05, 0) is 42.5 Å². The van der Waals surface area contributed by atoms with E-state index < -0.39 is 15.9 Å². The number of carbonyl (C=O) groups excluding carboxylic acids is 1. The van der Waals surface area contributed by atoms with Gasteiger partial charge < -0.3 is 4.74 Å². The summed E-state index contributed by atoms with van der Waals surface area (Å²) in [7, 11) is -3.68. The second-order valence-electron chi connectivity index (χ2n) is 5.60. The number of hydrogen-bond donors (Lipinski definition) is 1. The molecule has 0 aliphatic carbocycles. The maximum Gasteiger partial charge on any atom is 0.264 e. The number of hydrogen-bond acceptors (Lipinski definition) is 6. The first-order valence-electron chi connectivity index (χ1n) is 7.67. The zero-order valence-electron chi connectivity index (χ0n) is 14.1. The highest BCUT2D eigenvalue weighted by Crippen LogP contribution is 2.34. The second-order valence-corrected chi connectivity index (χ2v) is 7.78. The van der Waals surface area contributed by atoms with Crippen molar-refractivity contribution >= 4 is 27.5 Å². The van der Waals surface area contributed by atoms with E-state index in [1.807, 2.05) is 4.72 Å². The zero-order valence-corrected chi connectivity index (χ0v) is 15.7. The fraction of sp³-hybridized carbons (Fsp3) is 0.0556. The Balaban J connectivity index is 2.02. The molecule has 0 fully saturated rings. The number of nitrogens with zero attached hydrogens (tertiary/aromatic N) is 2. The zero-order chi connectivity index (χ0) is 19.4. The van der Waals surface area contributed by atoms with Crippen LogP contribution in [0.25, 0.3) is 11.1 Å². The van der Waals surface area contributed by atoms with Crippen LogP contribution in [0.4, 0.5) is 0 Å². The number of aromatic nitrogens is 2. The van der Waals surface area contributed by atoms with Crippen LogP contribution < -0.4 is 9.46 Å². The molecule has 9 heteroatoms. The Morgan fingerprint density at radius 2 is 1.74 bits per heavy atom. The molecule has 0 aliphatic rings. The largest absolute Gasteiger partial charge is 0.457 e. The van der Waals surface area contributed by atoms with Crippen molar-refractivity contribution in [3.63, 3.8) is 0 Å². The lowest BCUT2D eigenvalue weighted by Crippen LogP contribution is -2.29. The number of carbonyl (C=O) groups is 1. The Bertz CT molecular complexity index is 1070. The van der Waals surface area contributed by atoms with Crippen LogP contribution in [-0.4, -0.2) is 30.5 Å². The summed E-state index contributed by atoms with van der Waals surface area (Å²) in [5.74, 6) is 0.252. The van der Waals surface area contributed by atoms with Crippen LogP contribution in [0.2, 0.25) is 5.02 Å². The average Bonchev–Trinajstić information content (AvgIpc) is 2.63. The van der Waals surface area contributed by atoms with Crippen LogP contribution in [-0.2, 0) is 10.0 Å². The van der Waals surface area contributed by atoms with Gasteiger partial charge in [0.2, 0.25) is 10.0 Å². The van der Waals surface area contributed by atoms with Gasteiger partial charge in [-0.1, -0.05) is 11.6 Å². The first-order chi connectivity index (χ1) is 12.8. The molecule has 0 atom stereocenters. The van der Waals surface area contributed by atoms with E-state index in [0.717, 1.165) is 6.26 Å². The maximum absolute atomic E-state index is 12.2. The molecule has 1 N–H and O–H groups in total. The SMILES string of the molecule is CS(=O)(=O)NC(=O)c1ccc(Oc2ccc(Cl)cc2)c(-c2cncnc2)c1. The molecule has 1 amide bonds. The summed E-state index contributed by atoms with van der Waals surface area (Å²) >= 11 is 5.88. The highest BCUT2D eigenvalue weighted by Gasteiger charge is 2.16. The third-order valence-corrected chi connectivity index (χ3v) is 4.24. The van der Waals surface area contributed by atoms with E-state index in [9.17, 15) is 13.2 Å². The number of rotatable bonds is 5. The summed E-state index contributed by atoms with van der Waals surface area (Å²) < 4.78 is 30.5. The molecular formula is C18H14ClN3O4S. The van der Waals surface area contributed by atoms with E-state index >= 15 is 0 Å². The summed E-state index contributed by atoms with van der Waals surface area (Å²) in [4.78, 5) is 20.1. The van der Waals surface area contributed by atoms with E-state index in [4.69, 9.17) is 16.3 Å². The Labute approximate surface area is 161 Å². The molecule has 2 aromatic carbocycles. The fourth-order valence-corrected chi connectivity index (χ4v) is 2.86. The van der Waals surface area contributed by atoms with E-state index in [-0.39, 0.29) is 5.56 Å². The molecule has 0 saturated heterocycles. The van der Waals surface area contributed by atoms with Crippen molar-refractivity contribution in [1.82, 2.24) is 14.7 Å². The molecule has 3 rings (SSSR count). The van der Waals surface area contributed by atoms with E-state index in [1.165, 1.54) is 18.5 Å². The van der Waals surface area contributed by atoms with E-state index in [2.05, 4.69) is 9.97 Å². The van der Waals surface area contributed by atoms with Crippen molar-refractivity contribution in [2.75, 3.05) is 6.26 Å². The molecule has 0 spiro atoms. The molecule has 0 bridgehead atoms. The lowest BCUT2D eigenvalue weighted by atomic mass is 10.0. The maximum atomic E-state index is 12.2. The summed E-state index contributed by atoms with van der Waals surface area (Å²) in [5.41, 5.74) is 1.30. The third-order valence-electron chi connectivity index (χ3n) is 3.43. The van der Waals surface area contributed by atoms with Crippen LogP contribution in [0, 0.1) is 0 Å². The number of sulfonamides is 1. The first-order valence-corrected chi connectivity index (χ1v) is 9.94. The van der Waals surface area contributed by atoms with Crippen molar-refractivity contribution in [2.45, 2.75) is 0 Å². The van der Waals surface area contributed by atoms with Gasteiger partial charge in [0.25, 0.3) is 5.91 Å². The Morgan fingerprint density at radius 1 is 1.07 bits per heavy atom. The van der Waals surface area contributed by atoms with Crippen molar-refractivity contribution < 1.29 is 17.9 Å². The van der Waals surface area contributed by atoms with Crippen LogP contribution in [0.1, 0.15) is 10.4 Å². The Kier molecular flexibility index (Phi) is 5.38. The van der Waals surface area contributed by atoms with Gasteiger partial charge in [-0.3, -0.25) is 4.79 Å². The van der Waals surface area contributed by atoms with Gasteiger partial charge in [0.1, 0.15) is 17.8 Å². The van der Waals surface area contributed by atoms with Crippen molar-refractivity contribution in [3.05, 3.63) is 71.8 Å². The lowest BCUT2D eigenvalue weighted by Gasteiger charge is -2.13. The van der Waals surface area contributed by atoms with Gasteiger partial charge in [-0.2, -0.15) is 0 Å². The number of amides is 1. The first kappa shape index (κ1) is 18.8. The fourth-order valence-electron chi connectivity index (χ4n) is 2.28. The highest BCUT2D eigenvalue weighted by molar-refractivity contribution is 7.89. The molecule has 7 nitrogen and oxygen atoms in total. The highest BCUT2D eigenvalue weighted by atomic mass is 35.5. The number of benzene rings is 2. The normalized spacial score (nSPS) is 11.0. The summed E-state index contributed by atoms with van der Waals surface area (Å²) in [5, 5.41) is 0.576. The molecule has 0 unspecified atom stereocenters. The monoisotopic (exact) mass is 403 g/mol. The van der Waals surface area contributed by atoms with Gasteiger partial charge in [0, 0.05) is 34.1 Å². The molecular weight excluding hydrogens is 390 g/mol. The predicted molar refractivity (Wildman–Crippen MR) is 101 cm³/mol.